The fourth-order valence-electron chi connectivity index (χ4n) is 2.78. The molecule has 7 heteroatoms. The normalized spacial score (nSPS) is 11.5. The van der Waals surface area contributed by atoms with E-state index in [1.54, 1.807) is 36.7 Å². The molecule has 0 spiro atoms. The summed E-state index contributed by atoms with van der Waals surface area (Å²) in [5.74, 6) is -0.173. The molecule has 3 aromatic rings. The van der Waals surface area contributed by atoms with Crippen LogP contribution in [0.2, 0.25) is 5.02 Å². The third kappa shape index (κ3) is 6.61. The molecule has 3 rings (SSSR count). The van der Waals surface area contributed by atoms with Gasteiger partial charge in [0, 0.05) is 33.7 Å². The van der Waals surface area contributed by atoms with Gasteiger partial charge >= 0.3 is 0 Å². The number of nitrogens with zero attached hydrogens (tertiary/aromatic N) is 1. The molecular weight excluding hydrogens is 418 g/mol. The first-order chi connectivity index (χ1) is 14.5. The van der Waals surface area contributed by atoms with Crippen molar-refractivity contribution in [2.75, 3.05) is 10.6 Å². The third-order valence-electron chi connectivity index (χ3n) is 4.29. The van der Waals surface area contributed by atoms with Crippen molar-refractivity contribution in [3.05, 3.63) is 83.6 Å². The lowest BCUT2D eigenvalue weighted by atomic mass is 10.1. The smallest absolute Gasteiger partial charge is 0.237 e. The highest BCUT2D eigenvalue weighted by Crippen LogP contribution is 2.28. The van der Waals surface area contributed by atoms with Gasteiger partial charge in [-0.15, -0.1) is 11.8 Å². The van der Waals surface area contributed by atoms with Crippen molar-refractivity contribution >= 4 is 46.6 Å². The van der Waals surface area contributed by atoms with Crippen LogP contribution in [0.3, 0.4) is 0 Å². The monoisotopic (exact) mass is 439 g/mol. The molecule has 0 radical (unpaired) electrons. The summed E-state index contributed by atoms with van der Waals surface area (Å²) >= 11 is 7.35. The van der Waals surface area contributed by atoms with Gasteiger partial charge in [-0.25, -0.2) is 0 Å². The van der Waals surface area contributed by atoms with E-state index in [9.17, 15) is 9.59 Å². The van der Waals surface area contributed by atoms with Crippen molar-refractivity contribution in [1.29, 1.82) is 0 Å². The molecular formula is C23H22ClN3O2S. The minimum atomic E-state index is -0.252. The van der Waals surface area contributed by atoms with Crippen molar-refractivity contribution < 1.29 is 9.59 Å². The number of hydrogen-bond donors (Lipinski definition) is 2. The number of amides is 2. The highest BCUT2D eigenvalue weighted by molar-refractivity contribution is 8.00. The number of anilines is 2. The summed E-state index contributed by atoms with van der Waals surface area (Å²) < 4.78 is 0. The number of nitrogens with one attached hydrogen (secondary N) is 2. The maximum atomic E-state index is 12.6. The maximum absolute atomic E-state index is 12.6. The molecule has 1 atom stereocenters. The van der Waals surface area contributed by atoms with Gasteiger partial charge in [-0.05, 0) is 54.4 Å². The maximum Gasteiger partial charge on any atom is 0.237 e. The minimum Gasteiger partial charge on any atom is -0.326 e. The van der Waals surface area contributed by atoms with Crippen LogP contribution in [-0.4, -0.2) is 22.0 Å². The lowest BCUT2D eigenvalue weighted by Gasteiger charge is -2.15. The highest BCUT2D eigenvalue weighted by atomic mass is 35.5. The van der Waals surface area contributed by atoms with Crippen LogP contribution in [0.5, 0.6) is 0 Å². The number of aromatic nitrogens is 1. The van der Waals surface area contributed by atoms with E-state index in [0.717, 1.165) is 16.1 Å². The van der Waals surface area contributed by atoms with Crippen LogP contribution in [0, 0.1) is 0 Å². The van der Waals surface area contributed by atoms with Gasteiger partial charge in [0.1, 0.15) is 0 Å². The third-order valence-corrected chi connectivity index (χ3v) is 5.90. The van der Waals surface area contributed by atoms with Crippen molar-refractivity contribution in [3.63, 3.8) is 0 Å². The number of halogens is 1. The molecule has 0 bridgehead atoms. The van der Waals surface area contributed by atoms with Crippen LogP contribution < -0.4 is 10.6 Å². The standard InChI is InChI=1S/C23H22ClN3O2S/c1-2-21(23(29)27-18-10-12-25-13-11-18)30-20-5-3-4-19(15-20)26-22(28)14-16-6-8-17(24)9-7-16/h3-13,15,21H,2,14H2,1H3,(H,26,28)(H,25,27,29). The second-order valence-electron chi connectivity index (χ2n) is 6.62. The molecule has 0 saturated heterocycles. The average Bonchev–Trinajstić information content (AvgIpc) is 2.74. The van der Waals surface area contributed by atoms with E-state index in [4.69, 9.17) is 11.6 Å². The van der Waals surface area contributed by atoms with Gasteiger partial charge in [-0.1, -0.05) is 36.7 Å². The predicted molar refractivity (Wildman–Crippen MR) is 123 cm³/mol. The molecule has 154 valence electrons. The highest BCUT2D eigenvalue weighted by Gasteiger charge is 2.18. The number of rotatable bonds is 8. The Morgan fingerprint density at radius 2 is 1.73 bits per heavy atom. The van der Waals surface area contributed by atoms with Gasteiger partial charge in [0.2, 0.25) is 11.8 Å². The lowest BCUT2D eigenvalue weighted by molar-refractivity contribution is -0.116. The van der Waals surface area contributed by atoms with E-state index in [1.807, 2.05) is 43.3 Å². The van der Waals surface area contributed by atoms with Crippen molar-refractivity contribution in [2.24, 2.45) is 0 Å². The zero-order chi connectivity index (χ0) is 21.3. The van der Waals surface area contributed by atoms with Gasteiger partial charge in [0.15, 0.2) is 0 Å². The molecule has 0 fully saturated rings. The Kier molecular flexibility index (Phi) is 7.88. The van der Waals surface area contributed by atoms with E-state index in [-0.39, 0.29) is 23.5 Å². The summed E-state index contributed by atoms with van der Waals surface area (Å²) in [6.07, 6.45) is 4.22. The second-order valence-corrected chi connectivity index (χ2v) is 8.33. The SMILES string of the molecule is CCC(Sc1cccc(NC(=O)Cc2ccc(Cl)cc2)c1)C(=O)Nc1ccncc1. The molecule has 1 heterocycles. The number of carbonyl (C=O) groups is 2. The fraction of sp³-hybridized carbons (Fsp3) is 0.174. The van der Waals surface area contributed by atoms with E-state index >= 15 is 0 Å². The van der Waals surface area contributed by atoms with Crippen LogP contribution in [0.4, 0.5) is 11.4 Å². The summed E-state index contributed by atoms with van der Waals surface area (Å²) in [5.41, 5.74) is 2.31. The van der Waals surface area contributed by atoms with E-state index in [1.165, 1.54) is 11.8 Å². The van der Waals surface area contributed by atoms with Crippen molar-refractivity contribution in [3.8, 4) is 0 Å². The van der Waals surface area contributed by atoms with Crippen molar-refractivity contribution in [2.45, 2.75) is 29.9 Å². The van der Waals surface area contributed by atoms with Gasteiger partial charge in [0.25, 0.3) is 0 Å². The molecule has 0 saturated carbocycles. The first-order valence-corrected chi connectivity index (χ1v) is 10.8. The van der Waals surface area contributed by atoms with Crippen LogP contribution >= 0.6 is 23.4 Å². The van der Waals surface area contributed by atoms with Crippen LogP contribution in [0.1, 0.15) is 18.9 Å². The first kappa shape index (κ1) is 21.9. The van der Waals surface area contributed by atoms with Gasteiger partial charge in [-0.2, -0.15) is 0 Å². The lowest BCUT2D eigenvalue weighted by Crippen LogP contribution is -2.24. The molecule has 5 nitrogen and oxygen atoms in total. The quantitative estimate of drug-likeness (QED) is 0.459. The van der Waals surface area contributed by atoms with Gasteiger partial charge < -0.3 is 10.6 Å². The number of benzene rings is 2. The molecule has 2 N–H and O–H groups in total. The van der Waals surface area contributed by atoms with Crippen LogP contribution in [-0.2, 0) is 16.0 Å². The molecule has 0 aliphatic rings. The summed E-state index contributed by atoms with van der Waals surface area (Å²) in [4.78, 5) is 29.8. The molecule has 1 aromatic heterocycles. The second kappa shape index (κ2) is 10.8. The molecule has 2 amide bonds. The van der Waals surface area contributed by atoms with E-state index in [0.29, 0.717) is 17.1 Å². The van der Waals surface area contributed by atoms with E-state index < -0.39 is 0 Å². The topological polar surface area (TPSA) is 71.1 Å². The van der Waals surface area contributed by atoms with Crippen LogP contribution in [0.25, 0.3) is 0 Å². The molecule has 30 heavy (non-hydrogen) atoms. The zero-order valence-corrected chi connectivity index (χ0v) is 18.0. The summed E-state index contributed by atoms with van der Waals surface area (Å²) in [7, 11) is 0. The predicted octanol–water partition coefficient (Wildman–Crippen LogP) is 5.43. The Balaban J connectivity index is 1.60. The number of pyridine rings is 1. The summed E-state index contributed by atoms with van der Waals surface area (Å²) in [6.45, 7) is 1.97. The largest absolute Gasteiger partial charge is 0.326 e. The first-order valence-electron chi connectivity index (χ1n) is 9.55. The Morgan fingerprint density at radius 1 is 1.00 bits per heavy atom. The zero-order valence-electron chi connectivity index (χ0n) is 16.5. The van der Waals surface area contributed by atoms with E-state index in [2.05, 4.69) is 15.6 Å². The Morgan fingerprint density at radius 3 is 2.43 bits per heavy atom. The Bertz CT molecular complexity index is 997. The Hall–Kier alpha value is -2.83. The number of carbonyl (C=O) groups excluding carboxylic acids is 2. The number of hydrogen-bond acceptors (Lipinski definition) is 4. The minimum absolute atomic E-state index is 0.0640. The fourth-order valence-corrected chi connectivity index (χ4v) is 3.92. The number of thioether (sulfide) groups is 1. The van der Waals surface area contributed by atoms with Crippen molar-refractivity contribution in [1.82, 2.24) is 4.98 Å². The molecule has 2 aromatic carbocycles. The van der Waals surface area contributed by atoms with Gasteiger partial charge in [0.05, 0.1) is 11.7 Å². The molecule has 0 aliphatic carbocycles. The summed E-state index contributed by atoms with van der Waals surface area (Å²) in [5, 5.41) is 6.21. The molecule has 0 aliphatic heterocycles. The Labute approximate surface area is 185 Å². The van der Waals surface area contributed by atoms with Crippen LogP contribution in [0.15, 0.2) is 78.0 Å². The average molecular weight is 440 g/mol. The summed E-state index contributed by atoms with van der Waals surface area (Å²) in [6, 6.07) is 18.2. The van der Waals surface area contributed by atoms with Gasteiger partial charge in [-0.3, -0.25) is 14.6 Å². The molecule has 1 unspecified atom stereocenters.